The zero-order valence-electron chi connectivity index (χ0n) is 14.2. The van der Waals surface area contributed by atoms with E-state index in [2.05, 4.69) is 15.3 Å². The number of aromatic nitrogens is 2. The minimum absolute atomic E-state index is 0.264. The van der Waals surface area contributed by atoms with Crippen molar-refractivity contribution < 1.29 is 14.3 Å². The highest BCUT2D eigenvalue weighted by molar-refractivity contribution is 6.24. The number of nitrogens with two attached hydrogens (primary N) is 1. The fourth-order valence-electron chi connectivity index (χ4n) is 2.65. The number of primary amides is 1. The number of rotatable bonds is 5. The number of anilines is 1. The molecule has 0 atom stereocenters. The van der Waals surface area contributed by atoms with Gasteiger partial charge in [-0.05, 0) is 24.6 Å². The Morgan fingerprint density at radius 3 is 2.73 bits per heavy atom. The molecule has 0 radical (unpaired) electrons. The van der Waals surface area contributed by atoms with E-state index in [0.717, 1.165) is 0 Å². The third-order valence-corrected chi connectivity index (χ3v) is 3.77. The molecular formula is C19H18N4O3. The molecule has 2 amide bonds. The number of H-pyrrole nitrogens is 1. The van der Waals surface area contributed by atoms with Crippen LogP contribution in [0.3, 0.4) is 0 Å². The van der Waals surface area contributed by atoms with E-state index in [1.807, 2.05) is 30.3 Å². The molecule has 0 unspecified atom stereocenters. The van der Waals surface area contributed by atoms with Crippen LogP contribution in [0.5, 0.6) is 0 Å². The van der Waals surface area contributed by atoms with Gasteiger partial charge in [0.1, 0.15) is 5.65 Å². The minimum Gasteiger partial charge on any atom is -0.450 e. The largest absolute Gasteiger partial charge is 0.450 e. The zero-order chi connectivity index (χ0) is 18.5. The molecule has 0 aliphatic heterocycles. The zero-order valence-corrected chi connectivity index (χ0v) is 14.2. The molecule has 0 aliphatic carbocycles. The third kappa shape index (κ3) is 3.56. The summed E-state index contributed by atoms with van der Waals surface area (Å²) in [5.74, 6) is -0.547. The Morgan fingerprint density at radius 1 is 1.27 bits per heavy atom. The molecule has 0 bridgehead atoms. The highest BCUT2D eigenvalue weighted by Crippen LogP contribution is 2.29. The summed E-state index contributed by atoms with van der Waals surface area (Å²) in [7, 11) is 0. The molecule has 2 heterocycles. The van der Waals surface area contributed by atoms with E-state index in [-0.39, 0.29) is 6.61 Å². The predicted molar refractivity (Wildman–Crippen MR) is 100 cm³/mol. The second-order valence-electron chi connectivity index (χ2n) is 5.46. The van der Waals surface area contributed by atoms with Crippen LogP contribution in [0.4, 0.5) is 10.5 Å². The van der Waals surface area contributed by atoms with E-state index in [0.29, 0.717) is 33.4 Å². The van der Waals surface area contributed by atoms with Gasteiger partial charge in [0.15, 0.2) is 0 Å². The number of nitrogens with zero attached hydrogens (tertiary/aromatic N) is 1. The molecule has 4 N–H and O–H groups in total. The normalized spacial score (nSPS) is 11.3. The first-order chi connectivity index (χ1) is 12.6. The lowest BCUT2D eigenvalue weighted by molar-refractivity contribution is -0.112. The van der Waals surface area contributed by atoms with Gasteiger partial charge in [0.25, 0.3) is 0 Å². The van der Waals surface area contributed by atoms with E-state index in [1.54, 1.807) is 31.5 Å². The van der Waals surface area contributed by atoms with Gasteiger partial charge in [-0.1, -0.05) is 30.3 Å². The van der Waals surface area contributed by atoms with Crippen molar-refractivity contribution in [1.29, 1.82) is 0 Å². The quantitative estimate of drug-likeness (QED) is 0.614. The SMILES string of the molecule is CCOC(=O)Nc1ccnc2[nH]cc(C=C(C(N)=O)c3ccccc3)c12. The van der Waals surface area contributed by atoms with Crippen LogP contribution in [-0.2, 0) is 9.53 Å². The van der Waals surface area contributed by atoms with Gasteiger partial charge in [0.2, 0.25) is 5.91 Å². The maximum Gasteiger partial charge on any atom is 0.411 e. The Labute approximate surface area is 149 Å². The van der Waals surface area contributed by atoms with Crippen LogP contribution in [0.1, 0.15) is 18.1 Å². The van der Waals surface area contributed by atoms with Crippen molar-refractivity contribution >= 4 is 40.4 Å². The Kier molecular flexibility index (Phi) is 4.98. The van der Waals surface area contributed by atoms with E-state index >= 15 is 0 Å². The molecule has 0 saturated heterocycles. The molecule has 132 valence electrons. The number of hydrogen-bond donors (Lipinski definition) is 3. The number of aromatic amines is 1. The first-order valence-electron chi connectivity index (χ1n) is 8.07. The number of nitrogens with one attached hydrogen (secondary N) is 2. The lowest BCUT2D eigenvalue weighted by Crippen LogP contribution is -2.14. The van der Waals surface area contributed by atoms with Crippen LogP contribution in [0.25, 0.3) is 22.7 Å². The fourth-order valence-corrected chi connectivity index (χ4v) is 2.65. The van der Waals surface area contributed by atoms with Gasteiger partial charge in [0, 0.05) is 28.9 Å². The van der Waals surface area contributed by atoms with Gasteiger partial charge in [0.05, 0.1) is 12.3 Å². The summed E-state index contributed by atoms with van der Waals surface area (Å²) >= 11 is 0. The Bertz CT molecular complexity index is 977. The summed E-state index contributed by atoms with van der Waals surface area (Å²) in [5, 5.41) is 3.35. The summed E-state index contributed by atoms with van der Waals surface area (Å²) in [6.07, 6.45) is 4.39. The lowest BCUT2D eigenvalue weighted by Gasteiger charge is -2.08. The number of carbonyl (C=O) groups is 2. The van der Waals surface area contributed by atoms with E-state index in [1.165, 1.54) is 0 Å². The molecule has 7 heteroatoms. The molecule has 1 aromatic carbocycles. The van der Waals surface area contributed by atoms with Gasteiger partial charge in [-0.2, -0.15) is 0 Å². The van der Waals surface area contributed by atoms with Crippen molar-refractivity contribution in [2.75, 3.05) is 11.9 Å². The van der Waals surface area contributed by atoms with Crippen molar-refractivity contribution in [2.24, 2.45) is 5.73 Å². The van der Waals surface area contributed by atoms with Crippen molar-refractivity contribution in [3.8, 4) is 0 Å². The number of fused-ring (bicyclic) bond motifs is 1. The highest BCUT2D eigenvalue weighted by Gasteiger charge is 2.14. The van der Waals surface area contributed by atoms with Crippen LogP contribution < -0.4 is 11.1 Å². The molecule has 0 fully saturated rings. The second kappa shape index (κ2) is 7.52. The molecule has 26 heavy (non-hydrogen) atoms. The summed E-state index contributed by atoms with van der Waals surface area (Å²) < 4.78 is 4.93. The smallest absolute Gasteiger partial charge is 0.411 e. The molecule has 0 spiro atoms. The molecule has 3 aromatic rings. The number of benzene rings is 1. The number of amides is 2. The van der Waals surface area contributed by atoms with E-state index in [9.17, 15) is 9.59 Å². The first kappa shape index (κ1) is 17.2. The van der Waals surface area contributed by atoms with Crippen molar-refractivity contribution in [1.82, 2.24) is 9.97 Å². The summed E-state index contributed by atoms with van der Waals surface area (Å²) in [6.45, 7) is 1.99. The number of ether oxygens (including phenoxy) is 1. The number of carbonyl (C=O) groups excluding carboxylic acids is 2. The van der Waals surface area contributed by atoms with Gasteiger partial charge in [-0.25, -0.2) is 9.78 Å². The van der Waals surface area contributed by atoms with E-state index < -0.39 is 12.0 Å². The van der Waals surface area contributed by atoms with Crippen molar-refractivity contribution in [3.05, 3.63) is 59.9 Å². The maximum atomic E-state index is 11.9. The van der Waals surface area contributed by atoms with Crippen LogP contribution in [0.15, 0.2) is 48.8 Å². The molecule has 2 aromatic heterocycles. The van der Waals surface area contributed by atoms with Crippen LogP contribution in [0.2, 0.25) is 0 Å². The van der Waals surface area contributed by atoms with Gasteiger partial charge in [-0.3, -0.25) is 10.1 Å². The Morgan fingerprint density at radius 2 is 2.04 bits per heavy atom. The van der Waals surface area contributed by atoms with Gasteiger partial charge in [-0.15, -0.1) is 0 Å². The molecule has 0 saturated carbocycles. The predicted octanol–water partition coefficient (Wildman–Crippen LogP) is 3.16. The third-order valence-electron chi connectivity index (χ3n) is 3.77. The molecule has 7 nitrogen and oxygen atoms in total. The van der Waals surface area contributed by atoms with Crippen molar-refractivity contribution in [3.63, 3.8) is 0 Å². The number of hydrogen-bond acceptors (Lipinski definition) is 4. The Hall–Kier alpha value is -3.61. The Balaban J connectivity index is 2.10. The lowest BCUT2D eigenvalue weighted by atomic mass is 10.0. The van der Waals surface area contributed by atoms with Gasteiger partial charge < -0.3 is 15.5 Å². The number of pyridine rings is 1. The molecular weight excluding hydrogens is 332 g/mol. The monoisotopic (exact) mass is 350 g/mol. The fraction of sp³-hybridized carbons (Fsp3) is 0.105. The highest BCUT2D eigenvalue weighted by atomic mass is 16.5. The summed E-state index contributed by atoms with van der Waals surface area (Å²) in [6, 6.07) is 10.8. The van der Waals surface area contributed by atoms with Crippen molar-refractivity contribution in [2.45, 2.75) is 6.92 Å². The van der Waals surface area contributed by atoms with Crippen LogP contribution >= 0.6 is 0 Å². The minimum atomic E-state index is -0.561. The average Bonchev–Trinajstić information content (AvgIpc) is 3.04. The van der Waals surface area contributed by atoms with Gasteiger partial charge >= 0.3 is 6.09 Å². The summed E-state index contributed by atoms with van der Waals surface area (Å²) in [5.41, 5.74) is 8.41. The molecule has 0 aliphatic rings. The second-order valence-corrected chi connectivity index (χ2v) is 5.46. The molecule has 3 rings (SSSR count). The van der Waals surface area contributed by atoms with Crippen LogP contribution in [-0.4, -0.2) is 28.6 Å². The standard InChI is InChI=1S/C19H18N4O3/c1-2-26-19(25)23-15-8-9-21-18-16(15)13(11-22-18)10-14(17(20)24)12-6-4-3-5-7-12/h3-11H,2H2,1H3,(H2,20,24)(H2,21,22,23,25). The first-order valence-corrected chi connectivity index (χ1v) is 8.07. The maximum absolute atomic E-state index is 11.9. The van der Waals surface area contributed by atoms with E-state index in [4.69, 9.17) is 10.5 Å². The van der Waals surface area contributed by atoms with Crippen LogP contribution in [0, 0.1) is 0 Å². The summed E-state index contributed by atoms with van der Waals surface area (Å²) in [4.78, 5) is 31.0. The topological polar surface area (TPSA) is 110 Å². The average molecular weight is 350 g/mol.